The van der Waals surface area contributed by atoms with Crippen LogP contribution in [0.25, 0.3) is 10.2 Å². The quantitative estimate of drug-likeness (QED) is 0.452. The first-order valence-corrected chi connectivity index (χ1v) is 9.35. The lowest BCUT2D eigenvalue weighted by molar-refractivity contribution is 0.0887. The van der Waals surface area contributed by atoms with Gasteiger partial charge >= 0.3 is 0 Å². The van der Waals surface area contributed by atoms with Gasteiger partial charge in [-0.1, -0.05) is 23.5 Å². The molecule has 0 saturated carbocycles. The third-order valence-corrected chi connectivity index (χ3v) is 5.11. The van der Waals surface area contributed by atoms with Gasteiger partial charge in [-0.05, 0) is 60.7 Å². The number of hydrogen-bond acceptors (Lipinski definition) is 4. The molecule has 0 saturated heterocycles. The smallest absolute Gasteiger partial charge is 0.267 e. The first kappa shape index (κ1) is 21.4. The van der Waals surface area contributed by atoms with Gasteiger partial charge in [0.2, 0.25) is 5.13 Å². The molecule has 0 aliphatic carbocycles. The monoisotopic (exact) mass is 445 g/mol. The van der Waals surface area contributed by atoms with Gasteiger partial charge in [0.1, 0.15) is 11.6 Å². The number of carbonyl (C=O) groups excluding carboxylic acids is 2. The van der Waals surface area contributed by atoms with E-state index in [9.17, 15) is 18.4 Å². The molecule has 0 spiro atoms. The minimum atomic E-state index is -0.611. The van der Waals surface area contributed by atoms with Crippen molar-refractivity contribution in [2.45, 2.75) is 0 Å². The minimum Gasteiger partial charge on any atom is -0.267 e. The van der Waals surface area contributed by atoms with E-state index in [0.29, 0.717) is 5.52 Å². The number of anilines is 1. The highest BCUT2D eigenvalue weighted by atomic mass is 35.5. The topological polar surface area (TPSA) is 62.3 Å². The van der Waals surface area contributed by atoms with Gasteiger partial charge < -0.3 is 0 Å². The predicted octanol–water partition coefficient (Wildman–Crippen LogP) is 4.99. The van der Waals surface area contributed by atoms with Crippen LogP contribution in [0.4, 0.5) is 13.9 Å². The molecule has 5 nitrogen and oxygen atoms in total. The van der Waals surface area contributed by atoms with Crippen LogP contribution in [0.3, 0.4) is 0 Å². The summed E-state index contributed by atoms with van der Waals surface area (Å²) in [5.74, 6) is -2.16. The van der Waals surface area contributed by atoms with Gasteiger partial charge in [0.15, 0.2) is 0 Å². The van der Waals surface area contributed by atoms with Crippen LogP contribution in [0.5, 0.6) is 0 Å². The van der Waals surface area contributed by atoms with Crippen molar-refractivity contribution >= 4 is 50.9 Å². The molecular weight excluding hydrogens is 432 g/mol. The fourth-order valence-corrected chi connectivity index (χ4v) is 3.56. The molecule has 0 atom stereocenters. The third kappa shape index (κ3) is 4.45. The van der Waals surface area contributed by atoms with Crippen molar-refractivity contribution in [2.24, 2.45) is 0 Å². The Bertz CT molecular complexity index is 1160. The number of rotatable bonds is 3. The molecule has 4 aromatic rings. The molecule has 2 amide bonds. The van der Waals surface area contributed by atoms with E-state index in [1.165, 1.54) is 35.6 Å². The Morgan fingerprint density at radius 2 is 1.40 bits per heavy atom. The summed E-state index contributed by atoms with van der Waals surface area (Å²) in [5.41, 5.74) is 3.53. The molecule has 9 heteroatoms. The lowest BCUT2D eigenvalue weighted by Gasteiger charge is -2.20. The van der Waals surface area contributed by atoms with Crippen molar-refractivity contribution in [1.29, 1.82) is 0 Å². The maximum atomic E-state index is 13.2. The summed E-state index contributed by atoms with van der Waals surface area (Å²) >= 11 is 1.22. The lowest BCUT2D eigenvalue weighted by Crippen LogP contribution is -2.46. The second-order valence-electron chi connectivity index (χ2n) is 6.06. The maximum absolute atomic E-state index is 13.2. The maximum Gasteiger partial charge on any atom is 0.279 e. The number of thiazole rings is 1. The number of aromatic nitrogens is 1. The van der Waals surface area contributed by atoms with Crippen LogP contribution in [0.15, 0.2) is 72.8 Å². The van der Waals surface area contributed by atoms with Crippen molar-refractivity contribution in [3.8, 4) is 0 Å². The van der Waals surface area contributed by atoms with Gasteiger partial charge in [0.25, 0.3) is 11.8 Å². The van der Waals surface area contributed by atoms with Crippen LogP contribution in [0.2, 0.25) is 0 Å². The molecule has 30 heavy (non-hydrogen) atoms. The first-order valence-electron chi connectivity index (χ1n) is 8.53. The molecule has 1 heterocycles. The van der Waals surface area contributed by atoms with Crippen LogP contribution >= 0.6 is 23.7 Å². The molecule has 4 rings (SSSR count). The van der Waals surface area contributed by atoms with Crippen LogP contribution in [0.1, 0.15) is 20.7 Å². The second-order valence-corrected chi connectivity index (χ2v) is 7.07. The van der Waals surface area contributed by atoms with Crippen molar-refractivity contribution in [1.82, 2.24) is 10.4 Å². The average molecular weight is 446 g/mol. The highest BCUT2D eigenvalue weighted by Gasteiger charge is 2.24. The highest BCUT2D eigenvalue weighted by Crippen LogP contribution is 2.28. The summed E-state index contributed by atoms with van der Waals surface area (Å²) in [7, 11) is 0. The SMILES string of the molecule is Cl.O=C(NN(C(=O)c1ccc(F)cc1)c1nc2ccccc2s1)c1ccc(F)cc1. The van der Waals surface area contributed by atoms with E-state index < -0.39 is 23.4 Å². The molecule has 0 aliphatic heterocycles. The fourth-order valence-electron chi connectivity index (χ4n) is 2.63. The molecule has 152 valence electrons. The Balaban J connectivity index is 0.00000256. The molecule has 0 radical (unpaired) electrons. The summed E-state index contributed by atoms with van der Waals surface area (Å²) in [6.07, 6.45) is 0. The summed E-state index contributed by atoms with van der Waals surface area (Å²) in [6, 6.07) is 17.2. The summed E-state index contributed by atoms with van der Waals surface area (Å²) in [4.78, 5) is 30.1. The zero-order chi connectivity index (χ0) is 20.4. The molecule has 1 N–H and O–H groups in total. The summed E-state index contributed by atoms with van der Waals surface area (Å²) in [6.45, 7) is 0. The fraction of sp³-hybridized carbons (Fsp3) is 0. The van der Waals surface area contributed by atoms with Crippen LogP contribution in [0, 0.1) is 11.6 Å². The van der Waals surface area contributed by atoms with Crippen LogP contribution < -0.4 is 10.4 Å². The van der Waals surface area contributed by atoms with Crippen LogP contribution in [-0.2, 0) is 0 Å². The number of halogens is 3. The number of carbonyl (C=O) groups is 2. The molecular formula is C21H14ClF2N3O2S. The van der Waals surface area contributed by atoms with E-state index in [4.69, 9.17) is 0 Å². The highest BCUT2D eigenvalue weighted by molar-refractivity contribution is 7.22. The molecule has 0 unspecified atom stereocenters. The first-order chi connectivity index (χ1) is 14.0. The van der Waals surface area contributed by atoms with Crippen molar-refractivity contribution < 1.29 is 18.4 Å². The van der Waals surface area contributed by atoms with E-state index >= 15 is 0 Å². The summed E-state index contributed by atoms with van der Waals surface area (Å²) < 4.78 is 27.2. The van der Waals surface area contributed by atoms with Gasteiger partial charge in [0, 0.05) is 11.1 Å². The number of para-hydroxylation sites is 1. The Labute approximate surface area is 180 Å². The number of hydrogen-bond donors (Lipinski definition) is 1. The zero-order valence-electron chi connectivity index (χ0n) is 15.2. The third-order valence-electron chi connectivity index (χ3n) is 4.09. The average Bonchev–Trinajstić information content (AvgIpc) is 3.16. The lowest BCUT2D eigenvalue weighted by atomic mass is 10.2. The molecule has 0 bridgehead atoms. The van der Waals surface area contributed by atoms with E-state index in [-0.39, 0.29) is 28.7 Å². The number of nitrogens with zero attached hydrogens (tertiary/aromatic N) is 2. The molecule has 0 aliphatic rings. The summed E-state index contributed by atoms with van der Waals surface area (Å²) in [5, 5.41) is 1.26. The zero-order valence-corrected chi connectivity index (χ0v) is 16.8. The number of hydrazine groups is 1. The number of amides is 2. The van der Waals surface area contributed by atoms with E-state index in [0.717, 1.165) is 34.0 Å². The normalized spacial score (nSPS) is 10.3. The van der Waals surface area contributed by atoms with Gasteiger partial charge in [-0.2, -0.15) is 5.01 Å². The van der Waals surface area contributed by atoms with Crippen molar-refractivity contribution in [3.63, 3.8) is 0 Å². The Kier molecular flexibility index (Phi) is 6.39. The largest absolute Gasteiger partial charge is 0.279 e. The van der Waals surface area contributed by atoms with E-state index in [1.807, 2.05) is 18.2 Å². The van der Waals surface area contributed by atoms with Gasteiger partial charge in [-0.15, -0.1) is 12.4 Å². The Morgan fingerprint density at radius 1 is 0.833 bits per heavy atom. The van der Waals surface area contributed by atoms with Gasteiger partial charge in [0.05, 0.1) is 10.2 Å². The standard InChI is InChI=1S/C21H13F2N3O2S.ClH/c22-15-9-5-13(6-10-15)19(27)25-26(20(28)14-7-11-16(23)12-8-14)21-24-17-3-1-2-4-18(17)29-21;/h1-12H,(H,25,27);1H. The Morgan fingerprint density at radius 3 is 2.00 bits per heavy atom. The van der Waals surface area contributed by atoms with Crippen molar-refractivity contribution in [2.75, 3.05) is 5.01 Å². The number of fused-ring (bicyclic) bond motifs is 1. The minimum absolute atomic E-state index is 0. The van der Waals surface area contributed by atoms with Crippen LogP contribution in [-0.4, -0.2) is 16.8 Å². The number of benzene rings is 3. The van der Waals surface area contributed by atoms with Gasteiger partial charge in [-0.25, -0.2) is 13.8 Å². The van der Waals surface area contributed by atoms with E-state index in [1.54, 1.807) is 6.07 Å². The Hall–Kier alpha value is -3.36. The molecule has 3 aromatic carbocycles. The van der Waals surface area contributed by atoms with Gasteiger partial charge in [-0.3, -0.25) is 15.0 Å². The molecule has 1 aromatic heterocycles. The number of nitrogens with one attached hydrogen (secondary N) is 1. The van der Waals surface area contributed by atoms with E-state index in [2.05, 4.69) is 10.4 Å². The molecule has 0 fully saturated rings. The predicted molar refractivity (Wildman–Crippen MR) is 114 cm³/mol. The van der Waals surface area contributed by atoms with Crippen molar-refractivity contribution in [3.05, 3.63) is 95.6 Å². The second kappa shape index (κ2) is 8.98.